The van der Waals surface area contributed by atoms with Crippen LogP contribution in [0.1, 0.15) is 38.8 Å². The zero-order valence-corrected chi connectivity index (χ0v) is 12.6. The second-order valence-corrected chi connectivity index (χ2v) is 7.20. The first-order chi connectivity index (χ1) is 8.96. The molecule has 2 rings (SSSR count). The fourth-order valence-electron chi connectivity index (χ4n) is 2.85. The molecule has 1 aromatic heterocycles. The Balaban J connectivity index is 2.29. The molecule has 0 radical (unpaired) electrons. The lowest BCUT2D eigenvalue weighted by atomic mass is 10.0. The first-order valence-corrected chi connectivity index (χ1v) is 8.26. The molecule has 1 aliphatic heterocycles. The highest BCUT2D eigenvalue weighted by Gasteiger charge is 2.35. The quantitative estimate of drug-likeness (QED) is 0.884. The van der Waals surface area contributed by atoms with Gasteiger partial charge in [-0.15, -0.1) is 0 Å². The summed E-state index contributed by atoms with van der Waals surface area (Å²) in [4.78, 5) is 3.39. The van der Waals surface area contributed by atoms with Gasteiger partial charge in [-0.3, -0.25) is 0 Å². The van der Waals surface area contributed by atoms with Crippen molar-refractivity contribution in [2.75, 3.05) is 7.05 Å². The third kappa shape index (κ3) is 2.85. The summed E-state index contributed by atoms with van der Waals surface area (Å²) in [6.07, 6.45) is 4.58. The molecular formula is C13H23N3O2S. The van der Waals surface area contributed by atoms with E-state index in [1.165, 1.54) is 0 Å². The van der Waals surface area contributed by atoms with Gasteiger partial charge in [0.15, 0.2) is 0 Å². The SMILES string of the molecule is CNCc1cc(S(=O)(=O)N2[C@H](C)CCC[C@@H]2C)c[nH]1. The van der Waals surface area contributed by atoms with Gasteiger partial charge in [0.05, 0.1) is 4.90 Å². The molecule has 0 bridgehead atoms. The van der Waals surface area contributed by atoms with Crippen molar-refractivity contribution < 1.29 is 8.42 Å². The average molecular weight is 285 g/mol. The van der Waals surface area contributed by atoms with E-state index in [2.05, 4.69) is 10.3 Å². The van der Waals surface area contributed by atoms with Gasteiger partial charge in [-0.2, -0.15) is 4.31 Å². The van der Waals surface area contributed by atoms with Gasteiger partial charge in [0.2, 0.25) is 10.0 Å². The summed E-state index contributed by atoms with van der Waals surface area (Å²) in [7, 11) is -1.55. The average Bonchev–Trinajstić information content (AvgIpc) is 2.78. The lowest BCUT2D eigenvalue weighted by Crippen LogP contribution is -2.47. The molecule has 2 heterocycles. The Morgan fingerprint density at radius 2 is 2.00 bits per heavy atom. The van der Waals surface area contributed by atoms with Crippen molar-refractivity contribution >= 4 is 10.0 Å². The van der Waals surface area contributed by atoms with E-state index in [4.69, 9.17) is 0 Å². The highest BCUT2D eigenvalue weighted by molar-refractivity contribution is 7.89. The van der Waals surface area contributed by atoms with Gasteiger partial charge in [-0.05, 0) is 39.8 Å². The molecule has 0 unspecified atom stereocenters. The maximum Gasteiger partial charge on any atom is 0.245 e. The number of sulfonamides is 1. The molecule has 1 aromatic rings. The lowest BCUT2D eigenvalue weighted by Gasteiger charge is -2.37. The Morgan fingerprint density at radius 1 is 1.37 bits per heavy atom. The van der Waals surface area contributed by atoms with E-state index in [-0.39, 0.29) is 12.1 Å². The van der Waals surface area contributed by atoms with E-state index < -0.39 is 10.0 Å². The number of hydrogen-bond donors (Lipinski definition) is 2. The molecule has 2 N–H and O–H groups in total. The van der Waals surface area contributed by atoms with Crippen LogP contribution in [0.3, 0.4) is 0 Å². The van der Waals surface area contributed by atoms with Gasteiger partial charge in [0.1, 0.15) is 0 Å². The minimum Gasteiger partial charge on any atom is -0.363 e. The van der Waals surface area contributed by atoms with Crippen LogP contribution in [0.25, 0.3) is 0 Å². The first-order valence-electron chi connectivity index (χ1n) is 6.82. The van der Waals surface area contributed by atoms with Crippen LogP contribution in [0, 0.1) is 0 Å². The molecule has 0 spiro atoms. The molecule has 1 fully saturated rings. The van der Waals surface area contributed by atoms with E-state index in [1.807, 2.05) is 20.9 Å². The highest BCUT2D eigenvalue weighted by Crippen LogP contribution is 2.29. The summed E-state index contributed by atoms with van der Waals surface area (Å²) >= 11 is 0. The van der Waals surface area contributed by atoms with Gasteiger partial charge >= 0.3 is 0 Å². The molecule has 0 aliphatic carbocycles. The summed E-state index contributed by atoms with van der Waals surface area (Å²) in [5.41, 5.74) is 0.887. The number of nitrogens with one attached hydrogen (secondary N) is 2. The Labute approximate surface area is 115 Å². The van der Waals surface area contributed by atoms with Crippen LogP contribution in [-0.2, 0) is 16.6 Å². The predicted molar refractivity (Wildman–Crippen MR) is 75.4 cm³/mol. The van der Waals surface area contributed by atoms with Crippen molar-refractivity contribution in [3.8, 4) is 0 Å². The van der Waals surface area contributed by atoms with Gasteiger partial charge in [-0.1, -0.05) is 6.42 Å². The molecular weight excluding hydrogens is 262 g/mol. The van der Waals surface area contributed by atoms with Crippen LogP contribution >= 0.6 is 0 Å². The van der Waals surface area contributed by atoms with Crippen molar-refractivity contribution in [2.45, 2.75) is 56.6 Å². The lowest BCUT2D eigenvalue weighted by molar-refractivity contribution is 0.204. The minimum atomic E-state index is -3.38. The Hall–Kier alpha value is -0.850. The van der Waals surface area contributed by atoms with Crippen molar-refractivity contribution in [3.63, 3.8) is 0 Å². The number of hydrogen-bond acceptors (Lipinski definition) is 3. The molecule has 0 saturated carbocycles. The summed E-state index contributed by atoms with van der Waals surface area (Å²) in [6.45, 7) is 4.63. The van der Waals surface area contributed by atoms with Crippen LogP contribution in [0.2, 0.25) is 0 Å². The van der Waals surface area contributed by atoms with Crippen LogP contribution in [-0.4, -0.2) is 36.8 Å². The molecule has 0 aromatic carbocycles. The fourth-order valence-corrected chi connectivity index (χ4v) is 4.75. The van der Waals surface area contributed by atoms with E-state index in [9.17, 15) is 8.42 Å². The standard InChI is InChI=1S/C13H23N3O2S/c1-10-5-4-6-11(2)16(10)19(17,18)13-7-12(8-14-3)15-9-13/h7,9-11,14-15H,4-6,8H2,1-3H3/t10-,11+. The van der Waals surface area contributed by atoms with Crippen molar-refractivity contribution in [3.05, 3.63) is 18.0 Å². The fraction of sp³-hybridized carbons (Fsp3) is 0.692. The van der Waals surface area contributed by atoms with Crippen molar-refractivity contribution in [1.82, 2.24) is 14.6 Å². The normalized spacial score (nSPS) is 25.6. The molecule has 2 atom stereocenters. The number of H-pyrrole nitrogens is 1. The van der Waals surface area contributed by atoms with Crippen LogP contribution in [0.4, 0.5) is 0 Å². The predicted octanol–water partition coefficient (Wildman–Crippen LogP) is 1.69. The van der Waals surface area contributed by atoms with E-state index in [0.717, 1.165) is 25.0 Å². The van der Waals surface area contributed by atoms with Gasteiger partial charge in [0.25, 0.3) is 0 Å². The summed E-state index contributed by atoms with van der Waals surface area (Å²) in [6, 6.07) is 1.88. The zero-order chi connectivity index (χ0) is 14.0. The first kappa shape index (κ1) is 14.6. The maximum absolute atomic E-state index is 12.7. The second-order valence-electron chi connectivity index (χ2n) is 5.35. The molecule has 19 heavy (non-hydrogen) atoms. The number of rotatable bonds is 4. The summed E-state index contributed by atoms with van der Waals surface area (Å²) in [5, 5.41) is 3.01. The third-order valence-corrected chi connectivity index (χ3v) is 5.88. The molecule has 6 heteroatoms. The van der Waals surface area contributed by atoms with Crippen LogP contribution in [0.5, 0.6) is 0 Å². The zero-order valence-electron chi connectivity index (χ0n) is 11.8. The summed E-state index contributed by atoms with van der Waals surface area (Å²) in [5.74, 6) is 0. The second kappa shape index (κ2) is 5.64. The maximum atomic E-state index is 12.7. The largest absolute Gasteiger partial charge is 0.363 e. The number of piperidine rings is 1. The van der Waals surface area contributed by atoms with Crippen molar-refractivity contribution in [2.24, 2.45) is 0 Å². The topological polar surface area (TPSA) is 65.2 Å². The van der Waals surface area contributed by atoms with Crippen molar-refractivity contribution in [1.29, 1.82) is 0 Å². The monoisotopic (exact) mass is 285 g/mol. The summed E-state index contributed by atoms with van der Waals surface area (Å²) < 4.78 is 27.1. The Morgan fingerprint density at radius 3 is 2.58 bits per heavy atom. The van der Waals surface area contributed by atoms with E-state index >= 15 is 0 Å². The molecule has 1 aliphatic rings. The molecule has 1 saturated heterocycles. The Bertz CT molecular complexity index is 514. The van der Waals surface area contributed by atoms with Crippen LogP contribution < -0.4 is 5.32 Å². The molecule has 5 nitrogen and oxygen atoms in total. The van der Waals surface area contributed by atoms with Gasteiger partial charge in [0, 0.05) is 30.5 Å². The molecule has 0 amide bonds. The van der Waals surface area contributed by atoms with Gasteiger partial charge in [-0.25, -0.2) is 8.42 Å². The van der Waals surface area contributed by atoms with E-state index in [0.29, 0.717) is 11.4 Å². The third-order valence-electron chi connectivity index (χ3n) is 3.77. The Kier molecular flexibility index (Phi) is 4.32. The number of aromatic amines is 1. The highest BCUT2D eigenvalue weighted by atomic mass is 32.2. The molecule has 108 valence electrons. The number of aromatic nitrogens is 1. The number of nitrogens with zero attached hydrogens (tertiary/aromatic N) is 1. The smallest absolute Gasteiger partial charge is 0.245 e. The van der Waals surface area contributed by atoms with Gasteiger partial charge < -0.3 is 10.3 Å². The van der Waals surface area contributed by atoms with Crippen LogP contribution in [0.15, 0.2) is 17.2 Å². The minimum absolute atomic E-state index is 0.0800. The van der Waals surface area contributed by atoms with E-state index in [1.54, 1.807) is 16.6 Å².